The highest BCUT2D eigenvalue weighted by Gasteiger charge is 2.31. The maximum Gasteiger partial charge on any atom is 0.227 e. The van der Waals surface area contributed by atoms with Crippen LogP contribution in [0.15, 0.2) is 48.5 Å². The molecule has 0 spiro atoms. The Bertz CT molecular complexity index is 887. The maximum absolute atomic E-state index is 13.8. The van der Waals surface area contributed by atoms with Gasteiger partial charge in [0, 0.05) is 44.8 Å². The van der Waals surface area contributed by atoms with E-state index in [9.17, 15) is 9.18 Å². The van der Waals surface area contributed by atoms with Crippen LogP contribution in [0.3, 0.4) is 0 Å². The van der Waals surface area contributed by atoms with Crippen LogP contribution in [0.2, 0.25) is 0 Å². The molecule has 0 saturated carbocycles. The Labute approximate surface area is 184 Å². The Kier molecular flexibility index (Phi) is 7.00. The van der Waals surface area contributed by atoms with E-state index in [4.69, 9.17) is 5.73 Å². The number of rotatable bonds is 5. The van der Waals surface area contributed by atoms with Crippen molar-refractivity contribution in [3.05, 3.63) is 71.0 Å². The molecule has 5 nitrogen and oxygen atoms in total. The van der Waals surface area contributed by atoms with Crippen molar-refractivity contribution in [2.24, 2.45) is 5.73 Å². The van der Waals surface area contributed by atoms with Crippen LogP contribution >= 0.6 is 0 Å². The van der Waals surface area contributed by atoms with Crippen molar-refractivity contribution in [1.29, 1.82) is 0 Å². The lowest BCUT2D eigenvalue weighted by Crippen LogP contribution is -2.48. The maximum atomic E-state index is 13.8. The van der Waals surface area contributed by atoms with Crippen molar-refractivity contribution in [3.8, 4) is 0 Å². The molecule has 2 aromatic carbocycles. The van der Waals surface area contributed by atoms with Gasteiger partial charge in [-0.1, -0.05) is 36.4 Å². The number of piperazine rings is 1. The van der Waals surface area contributed by atoms with E-state index in [2.05, 4.69) is 41.4 Å². The van der Waals surface area contributed by atoms with E-state index in [0.29, 0.717) is 25.4 Å². The van der Waals surface area contributed by atoms with Gasteiger partial charge in [0.05, 0.1) is 12.5 Å². The monoisotopic (exact) mass is 424 g/mol. The number of nitrogens with two attached hydrogens (primary N) is 1. The Morgan fingerprint density at radius 1 is 1.16 bits per heavy atom. The van der Waals surface area contributed by atoms with Crippen LogP contribution in [0, 0.1) is 5.82 Å². The first-order valence-corrected chi connectivity index (χ1v) is 11.3. The number of likely N-dealkylation sites (tertiary alicyclic amines) is 1. The standard InChI is InChI=1S/C25H33FN4O/c1-18-16-29(12-10-28-18)17-20-7-5-19(6-8-20)13-25(31)30-11-9-23(27)15-24(30)21-3-2-4-22(26)14-21/h2-8,14,18,23-24,28H,9-13,15-17,27H2,1H3/t18-,23?,24?/m0/s1. The molecule has 2 fully saturated rings. The molecule has 3 atom stereocenters. The van der Waals surface area contributed by atoms with Gasteiger partial charge in [-0.3, -0.25) is 9.69 Å². The number of carbonyl (C=O) groups excluding carboxylic acids is 1. The molecular weight excluding hydrogens is 391 g/mol. The van der Waals surface area contributed by atoms with E-state index in [1.807, 2.05) is 11.0 Å². The van der Waals surface area contributed by atoms with Gasteiger partial charge in [0.2, 0.25) is 5.91 Å². The molecule has 2 aromatic rings. The molecule has 31 heavy (non-hydrogen) atoms. The lowest BCUT2D eigenvalue weighted by atomic mass is 9.91. The van der Waals surface area contributed by atoms with Gasteiger partial charge in [0.25, 0.3) is 0 Å². The third-order valence-electron chi connectivity index (χ3n) is 6.43. The van der Waals surface area contributed by atoms with Gasteiger partial charge < -0.3 is 16.0 Å². The van der Waals surface area contributed by atoms with Crippen LogP contribution in [-0.4, -0.2) is 54.0 Å². The van der Waals surface area contributed by atoms with Gasteiger partial charge in [-0.15, -0.1) is 0 Å². The fourth-order valence-corrected chi connectivity index (χ4v) is 4.77. The predicted molar refractivity (Wildman–Crippen MR) is 121 cm³/mol. The molecule has 0 bridgehead atoms. The Balaban J connectivity index is 1.40. The zero-order chi connectivity index (χ0) is 21.8. The number of halogens is 1. The van der Waals surface area contributed by atoms with E-state index >= 15 is 0 Å². The van der Waals surface area contributed by atoms with Crippen LogP contribution in [0.4, 0.5) is 4.39 Å². The third-order valence-corrected chi connectivity index (χ3v) is 6.43. The number of piperidine rings is 1. The minimum atomic E-state index is -0.279. The Morgan fingerprint density at radius 2 is 1.94 bits per heavy atom. The summed E-state index contributed by atoms with van der Waals surface area (Å²) in [6.45, 7) is 6.90. The van der Waals surface area contributed by atoms with Gasteiger partial charge in [-0.05, 0) is 48.6 Å². The van der Waals surface area contributed by atoms with E-state index in [-0.39, 0.29) is 23.8 Å². The molecule has 0 radical (unpaired) electrons. The molecule has 3 N–H and O–H groups in total. The third kappa shape index (κ3) is 5.70. The molecule has 6 heteroatoms. The summed E-state index contributed by atoms with van der Waals surface area (Å²) in [5, 5.41) is 3.47. The van der Waals surface area contributed by atoms with E-state index in [1.54, 1.807) is 6.07 Å². The molecule has 2 unspecified atom stereocenters. The Morgan fingerprint density at radius 3 is 2.68 bits per heavy atom. The van der Waals surface area contributed by atoms with Crippen LogP contribution in [0.5, 0.6) is 0 Å². The molecule has 2 aliphatic heterocycles. The summed E-state index contributed by atoms with van der Waals surface area (Å²) in [6, 6.07) is 15.3. The highest BCUT2D eigenvalue weighted by molar-refractivity contribution is 5.79. The van der Waals surface area contributed by atoms with E-state index in [0.717, 1.165) is 43.7 Å². The summed E-state index contributed by atoms with van der Waals surface area (Å²) in [5.41, 5.74) is 9.28. The summed E-state index contributed by atoms with van der Waals surface area (Å²) in [7, 11) is 0. The van der Waals surface area contributed by atoms with Crippen molar-refractivity contribution < 1.29 is 9.18 Å². The largest absolute Gasteiger partial charge is 0.335 e. The smallest absolute Gasteiger partial charge is 0.227 e. The highest BCUT2D eigenvalue weighted by Crippen LogP contribution is 2.31. The second kappa shape index (κ2) is 9.90. The zero-order valence-corrected chi connectivity index (χ0v) is 18.3. The predicted octanol–water partition coefficient (Wildman–Crippen LogP) is 2.85. The van der Waals surface area contributed by atoms with Gasteiger partial charge in [0.1, 0.15) is 5.82 Å². The molecule has 2 saturated heterocycles. The number of amides is 1. The summed E-state index contributed by atoms with van der Waals surface area (Å²) >= 11 is 0. The average molecular weight is 425 g/mol. The Hall–Kier alpha value is -2.28. The van der Waals surface area contributed by atoms with Crippen LogP contribution in [0.1, 0.15) is 42.5 Å². The fourth-order valence-electron chi connectivity index (χ4n) is 4.77. The molecule has 1 amide bonds. The van der Waals surface area contributed by atoms with Gasteiger partial charge >= 0.3 is 0 Å². The minimum Gasteiger partial charge on any atom is -0.335 e. The van der Waals surface area contributed by atoms with E-state index < -0.39 is 0 Å². The molecule has 0 aromatic heterocycles. The second-order valence-electron chi connectivity index (χ2n) is 9.03. The van der Waals surface area contributed by atoms with Crippen LogP contribution < -0.4 is 11.1 Å². The van der Waals surface area contributed by atoms with Gasteiger partial charge in [-0.2, -0.15) is 0 Å². The number of carbonyl (C=O) groups is 1. The topological polar surface area (TPSA) is 61.6 Å². The lowest BCUT2D eigenvalue weighted by Gasteiger charge is -2.39. The first-order valence-electron chi connectivity index (χ1n) is 11.3. The number of hydrogen-bond donors (Lipinski definition) is 2. The van der Waals surface area contributed by atoms with Crippen molar-refractivity contribution in [1.82, 2.24) is 15.1 Å². The molecule has 2 aliphatic rings. The summed E-state index contributed by atoms with van der Waals surface area (Å²) < 4.78 is 13.8. The molecule has 2 heterocycles. The SMILES string of the molecule is C[C@H]1CN(Cc2ccc(CC(=O)N3CCC(N)CC3c3cccc(F)c3)cc2)CCN1. The summed E-state index contributed by atoms with van der Waals surface area (Å²) in [4.78, 5) is 17.5. The first kappa shape index (κ1) is 21.9. The number of nitrogens with zero attached hydrogens (tertiary/aromatic N) is 2. The lowest BCUT2D eigenvalue weighted by molar-refractivity contribution is -0.134. The molecule has 4 rings (SSSR count). The fraction of sp³-hybridized carbons (Fsp3) is 0.480. The van der Waals surface area contributed by atoms with Gasteiger partial charge in [0.15, 0.2) is 0 Å². The number of nitrogens with one attached hydrogen (secondary N) is 1. The van der Waals surface area contributed by atoms with Gasteiger partial charge in [-0.25, -0.2) is 4.39 Å². The van der Waals surface area contributed by atoms with Crippen molar-refractivity contribution in [3.63, 3.8) is 0 Å². The highest BCUT2D eigenvalue weighted by atomic mass is 19.1. The molecular formula is C25H33FN4O. The average Bonchev–Trinajstić information content (AvgIpc) is 2.75. The van der Waals surface area contributed by atoms with Crippen molar-refractivity contribution in [2.45, 2.75) is 50.9 Å². The van der Waals surface area contributed by atoms with Crippen LogP contribution in [-0.2, 0) is 17.8 Å². The van der Waals surface area contributed by atoms with Crippen LogP contribution in [0.25, 0.3) is 0 Å². The number of hydrogen-bond acceptors (Lipinski definition) is 4. The van der Waals surface area contributed by atoms with Crippen molar-refractivity contribution >= 4 is 5.91 Å². The zero-order valence-electron chi connectivity index (χ0n) is 18.3. The van der Waals surface area contributed by atoms with E-state index in [1.165, 1.54) is 17.7 Å². The summed E-state index contributed by atoms with van der Waals surface area (Å²) in [5.74, 6) is -0.205. The quantitative estimate of drug-likeness (QED) is 0.775. The van der Waals surface area contributed by atoms with Crippen molar-refractivity contribution in [2.75, 3.05) is 26.2 Å². The first-order chi connectivity index (χ1) is 15.0. The normalized spacial score (nSPS) is 24.9. The molecule has 0 aliphatic carbocycles. The molecule has 166 valence electrons. The number of benzene rings is 2. The summed E-state index contributed by atoms with van der Waals surface area (Å²) in [6.07, 6.45) is 1.79. The minimum absolute atomic E-state index is 0.0318. The second-order valence-corrected chi connectivity index (χ2v) is 9.03.